The molecule has 0 radical (unpaired) electrons. The van der Waals surface area contributed by atoms with Crippen LogP contribution in [-0.4, -0.2) is 30.3 Å². The van der Waals surface area contributed by atoms with Crippen molar-refractivity contribution in [3.8, 4) is 0 Å². The Labute approximate surface area is 106 Å². The van der Waals surface area contributed by atoms with Gasteiger partial charge in [-0.2, -0.15) is 0 Å². The van der Waals surface area contributed by atoms with E-state index < -0.39 is 20.9 Å². The fourth-order valence-electron chi connectivity index (χ4n) is 1.75. The van der Waals surface area contributed by atoms with Gasteiger partial charge in [0.2, 0.25) is 0 Å². The van der Waals surface area contributed by atoms with Crippen LogP contribution in [0.1, 0.15) is 25.8 Å². The van der Waals surface area contributed by atoms with Crippen molar-refractivity contribution in [2.75, 3.05) is 5.75 Å². The number of oxime groups is 1. The normalized spacial score (nSPS) is 14.5. The Hall–Kier alpha value is -1.43. The third-order valence-electron chi connectivity index (χ3n) is 2.76. The summed E-state index contributed by atoms with van der Waals surface area (Å²) >= 11 is 0. The minimum Gasteiger partial charge on any atom is -0.411 e. The number of rotatable bonds is 5. The number of hydrogen-bond acceptors (Lipinski definition) is 4. The van der Waals surface area contributed by atoms with Gasteiger partial charge >= 0.3 is 0 Å². The van der Waals surface area contributed by atoms with Crippen LogP contribution in [0.4, 0.5) is 4.39 Å². The van der Waals surface area contributed by atoms with E-state index in [2.05, 4.69) is 5.16 Å². The molecular formula is C12H16FNO3S. The van der Waals surface area contributed by atoms with Crippen LogP contribution in [0.5, 0.6) is 0 Å². The van der Waals surface area contributed by atoms with E-state index in [1.165, 1.54) is 31.2 Å². The summed E-state index contributed by atoms with van der Waals surface area (Å²) < 4.78 is 36.6. The molecule has 0 bridgehead atoms. The predicted octanol–water partition coefficient (Wildman–Crippen LogP) is 2.22. The highest BCUT2D eigenvalue weighted by Gasteiger charge is 2.28. The van der Waals surface area contributed by atoms with Crippen LogP contribution < -0.4 is 0 Å². The van der Waals surface area contributed by atoms with Crippen LogP contribution in [-0.2, 0) is 9.84 Å². The van der Waals surface area contributed by atoms with Crippen molar-refractivity contribution < 1.29 is 18.0 Å². The van der Waals surface area contributed by atoms with Crippen molar-refractivity contribution in [2.45, 2.75) is 25.5 Å². The van der Waals surface area contributed by atoms with Gasteiger partial charge in [-0.1, -0.05) is 31.1 Å². The first kappa shape index (κ1) is 14.6. The summed E-state index contributed by atoms with van der Waals surface area (Å²) in [5, 5.41) is 11.3. The minimum absolute atomic E-state index is 0.0360. The largest absolute Gasteiger partial charge is 0.411 e. The molecule has 0 spiro atoms. The molecule has 0 aromatic heterocycles. The Kier molecular flexibility index (Phi) is 4.84. The number of nitrogens with zero attached hydrogens (tertiary/aromatic N) is 1. The zero-order valence-electron chi connectivity index (χ0n) is 10.3. The lowest BCUT2D eigenvalue weighted by molar-refractivity contribution is 0.318. The van der Waals surface area contributed by atoms with Gasteiger partial charge in [-0.25, -0.2) is 12.8 Å². The molecule has 0 fully saturated rings. The molecule has 0 saturated heterocycles. The molecule has 0 amide bonds. The van der Waals surface area contributed by atoms with Crippen LogP contribution in [0.3, 0.4) is 0 Å². The fraction of sp³-hybridized carbons (Fsp3) is 0.417. The highest BCUT2D eigenvalue weighted by atomic mass is 32.2. The zero-order valence-corrected chi connectivity index (χ0v) is 11.1. The summed E-state index contributed by atoms with van der Waals surface area (Å²) in [5.74, 6) is -0.464. The van der Waals surface area contributed by atoms with Gasteiger partial charge in [-0.05, 0) is 18.6 Å². The lowest BCUT2D eigenvalue weighted by Crippen LogP contribution is -2.32. The number of hydrogen-bond donors (Lipinski definition) is 1. The highest BCUT2D eigenvalue weighted by Crippen LogP contribution is 2.16. The molecule has 0 aliphatic carbocycles. The molecule has 4 nitrogen and oxygen atoms in total. The molecule has 0 aliphatic rings. The first-order chi connectivity index (χ1) is 8.46. The van der Waals surface area contributed by atoms with E-state index in [0.717, 1.165) is 0 Å². The fourth-order valence-corrected chi connectivity index (χ4v) is 3.18. The van der Waals surface area contributed by atoms with Crippen LogP contribution in [0.2, 0.25) is 0 Å². The van der Waals surface area contributed by atoms with Gasteiger partial charge in [-0.3, -0.25) is 0 Å². The van der Waals surface area contributed by atoms with Gasteiger partial charge in [-0.15, -0.1) is 0 Å². The maximum atomic E-state index is 12.8. The first-order valence-electron chi connectivity index (χ1n) is 5.65. The summed E-state index contributed by atoms with van der Waals surface area (Å²) in [6.07, 6.45) is 0.299. The van der Waals surface area contributed by atoms with E-state index in [0.29, 0.717) is 12.0 Å². The van der Waals surface area contributed by atoms with E-state index >= 15 is 0 Å². The zero-order chi connectivity index (χ0) is 13.8. The molecule has 1 N–H and O–H groups in total. The Morgan fingerprint density at radius 1 is 1.33 bits per heavy atom. The minimum atomic E-state index is -3.36. The van der Waals surface area contributed by atoms with Crippen LogP contribution in [0, 0.1) is 5.82 Å². The van der Waals surface area contributed by atoms with Crippen molar-refractivity contribution in [2.24, 2.45) is 5.16 Å². The lowest BCUT2D eigenvalue weighted by atomic mass is 10.1. The Morgan fingerprint density at radius 3 is 2.28 bits per heavy atom. The van der Waals surface area contributed by atoms with Crippen molar-refractivity contribution >= 4 is 15.5 Å². The Bertz CT molecular complexity index is 523. The second kappa shape index (κ2) is 5.95. The second-order valence-electron chi connectivity index (χ2n) is 3.84. The quantitative estimate of drug-likeness (QED) is 0.508. The van der Waals surface area contributed by atoms with Crippen molar-refractivity contribution in [3.05, 3.63) is 35.6 Å². The van der Waals surface area contributed by atoms with Gasteiger partial charge < -0.3 is 5.21 Å². The van der Waals surface area contributed by atoms with Crippen molar-refractivity contribution in [3.63, 3.8) is 0 Å². The van der Waals surface area contributed by atoms with Crippen LogP contribution >= 0.6 is 0 Å². The first-order valence-corrected chi connectivity index (χ1v) is 7.37. The molecule has 1 atom stereocenters. The molecule has 1 rings (SSSR count). The molecule has 0 saturated carbocycles. The summed E-state index contributed by atoms with van der Waals surface area (Å²) in [4.78, 5) is 0. The average molecular weight is 273 g/mol. The molecule has 1 aromatic rings. The predicted molar refractivity (Wildman–Crippen MR) is 68.3 cm³/mol. The smallest absolute Gasteiger partial charge is 0.158 e. The van der Waals surface area contributed by atoms with Gasteiger partial charge in [0.25, 0.3) is 0 Å². The molecule has 18 heavy (non-hydrogen) atoms. The molecule has 1 aromatic carbocycles. The molecule has 6 heteroatoms. The summed E-state index contributed by atoms with van der Waals surface area (Å²) in [5.41, 5.74) is 0.460. The van der Waals surface area contributed by atoms with Crippen molar-refractivity contribution in [1.29, 1.82) is 0 Å². The lowest BCUT2D eigenvalue weighted by Gasteiger charge is -2.16. The number of sulfone groups is 1. The second-order valence-corrected chi connectivity index (χ2v) is 6.31. The third-order valence-corrected chi connectivity index (χ3v) is 4.99. The number of halogens is 1. The Balaban J connectivity index is 3.21. The number of benzene rings is 1. The highest BCUT2D eigenvalue weighted by molar-refractivity contribution is 7.92. The topological polar surface area (TPSA) is 66.7 Å². The van der Waals surface area contributed by atoms with E-state index in [-0.39, 0.29) is 11.5 Å². The molecule has 100 valence electrons. The van der Waals surface area contributed by atoms with E-state index in [1.807, 2.05) is 0 Å². The van der Waals surface area contributed by atoms with E-state index in [4.69, 9.17) is 5.21 Å². The third kappa shape index (κ3) is 3.07. The molecule has 0 heterocycles. The van der Waals surface area contributed by atoms with Gasteiger partial charge in [0.05, 0.1) is 0 Å². The summed E-state index contributed by atoms with van der Waals surface area (Å²) in [7, 11) is -3.36. The maximum Gasteiger partial charge on any atom is 0.158 e. The van der Waals surface area contributed by atoms with Crippen molar-refractivity contribution in [1.82, 2.24) is 0 Å². The SMILES string of the molecule is CCC(C(=NO)c1ccc(F)cc1)S(=O)(=O)CC. The van der Waals surface area contributed by atoms with Gasteiger partial charge in [0.1, 0.15) is 16.8 Å². The van der Waals surface area contributed by atoms with Gasteiger partial charge in [0, 0.05) is 11.3 Å². The summed E-state index contributed by atoms with van der Waals surface area (Å²) in [6.45, 7) is 3.24. The summed E-state index contributed by atoms with van der Waals surface area (Å²) in [6, 6.07) is 5.20. The maximum absolute atomic E-state index is 12.8. The monoisotopic (exact) mass is 273 g/mol. The Morgan fingerprint density at radius 2 is 1.89 bits per heavy atom. The van der Waals surface area contributed by atoms with E-state index in [1.54, 1.807) is 6.92 Å². The molecule has 1 unspecified atom stereocenters. The average Bonchev–Trinajstić information content (AvgIpc) is 2.36. The standard InChI is InChI=1S/C12H16FNO3S/c1-3-11(18(16,17)4-2)12(14-15)9-5-7-10(13)8-6-9/h5-8,11,15H,3-4H2,1-2H3. The van der Waals surface area contributed by atoms with Gasteiger partial charge in [0.15, 0.2) is 9.84 Å². The van der Waals surface area contributed by atoms with Crippen LogP contribution in [0.15, 0.2) is 29.4 Å². The van der Waals surface area contributed by atoms with E-state index in [9.17, 15) is 12.8 Å². The van der Waals surface area contributed by atoms with Crippen LogP contribution in [0.25, 0.3) is 0 Å². The molecular weight excluding hydrogens is 257 g/mol. The molecule has 0 aliphatic heterocycles.